The fraction of sp³-hybridized carbons (Fsp3) is 0.0526. The maximum atomic E-state index is 13.6. The average molecular weight is 357 g/mol. The first-order valence-electron chi connectivity index (χ1n) is 7.73. The Hall–Kier alpha value is -3.35. The van der Waals surface area contributed by atoms with E-state index in [4.69, 9.17) is 0 Å². The van der Waals surface area contributed by atoms with Crippen LogP contribution in [0.1, 0.15) is 5.56 Å². The van der Waals surface area contributed by atoms with Gasteiger partial charge < -0.3 is 10.6 Å². The Morgan fingerprint density at radius 3 is 2.23 bits per heavy atom. The largest absolute Gasteiger partial charge is 0.335 e. The Morgan fingerprint density at radius 2 is 1.58 bits per heavy atom. The number of carbonyl (C=O) groups excluding carboxylic acids is 1. The van der Waals surface area contributed by atoms with Crippen molar-refractivity contribution in [3.63, 3.8) is 0 Å². The Labute approximate surface area is 147 Å². The van der Waals surface area contributed by atoms with Gasteiger partial charge in [-0.25, -0.2) is 18.2 Å². The first-order chi connectivity index (χ1) is 12.5. The lowest BCUT2D eigenvalue weighted by Gasteiger charge is -2.09. The van der Waals surface area contributed by atoms with Gasteiger partial charge in [-0.1, -0.05) is 24.3 Å². The molecule has 1 aromatic heterocycles. The number of pyridine rings is 1. The Bertz CT molecular complexity index is 909. The molecule has 132 valence electrons. The highest BCUT2D eigenvalue weighted by atomic mass is 19.1. The summed E-state index contributed by atoms with van der Waals surface area (Å²) >= 11 is 0. The summed E-state index contributed by atoms with van der Waals surface area (Å²) in [7, 11) is 0. The normalized spacial score (nSPS) is 10.4. The molecule has 0 saturated heterocycles. The van der Waals surface area contributed by atoms with Gasteiger partial charge in [-0.05, 0) is 35.9 Å². The number of benzene rings is 2. The smallest absolute Gasteiger partial charge is 0.228 e. The summed E-state index contributed by atoms with van der Waals surface area (Å²) in [6.07, 6.45) is 1.22. The second-order valence-electron chi connectivity index (χ2n) is 5.47. The van der Waals surface area contributed by atoms with Crippen molar-refractivity contribution >= 4 is 23.1 Å². The van der Waals surface area contributed by atoms with Crippen molar-refractivity contribution in [2.24, 2.45) is 0 Å². The molecule has 0 atom stereocenters. The molecule has 0 fully saturated rings. The first-order valence-corrected chi connectivity index (χ1v) is 7.73. The summed E-state index contributed by atoms with van der Waals surface area (Å²) in [5.41, 5.74) is 0.355. The molecular formula is C19H14F3N3O. The lowest BCUT2D eigenvalue weighted by atomic mass is 10.1. The van der Waals surface area contributed by atoms with Crippen LogP contribution in [0.4, 0.5) is 30.4 Å². The third-order valence-electron chi connectivity index (χ3n) is 3.57. The van der Waals surface area contributed by atoms with Crippen LogP contribution >= 0.6 is 0 Å². The van der Waals surface area contributed by atoms with Gasteiger partial charge in [0.2, 0.25) is 5.91 Å². The molecule has 1 amide bonds. The Balaban J connectivity index is 1.64. The van der Waals surface area contributed by atoms with Gasteiger partial charge in [-0.3, -0.25) is 4.79 Å². The summed E-state index contributed by atoms with van der Waals surface area (Å²) < 4.78 is 40.8. The minimum Gasteiger partial charge on any atom is -0.335 e. The predicted molar refractivity (Wildman–Crippen MR) is 92.6 cm³/mol. The molecule has 26 heavy (non-hydrogen) atoms. The molecule has 3 rings (SSSR count). The van der Waals surface area contributed by atoms with E-state index in [0.717, 1.165) is 12.1 Å². The number of nitrogens with one attached hydrogen (secondary N) is 2. The number of anilines is 3. The van der Waals surface area contributed by atoms with E-state index >= 15 is 0 Å². The van der Waals surface area contributed by atoms with Gasteiger partial charge in [0.15, 0.2) is 0 Å². The van der Waals surface area contributed by atoms with E-state index in [-0.39, 0.29) is 23.5 Å². The number of halogens is 3. The van der Waals surface area contributed by atoms with Crippen molar-refractivity contribution in [1.29, 1.82) is 0 Å². The van der Waals surface area contributed by atoms with Gasteiger partial charge in [0.05, 0.1) is 18.3 Å². The van der Waals surface area contributed by atoms with Gasteiger partial charge in [0, 0.05) is 0 Å². The number of nitrogens with zero attached hydrogens (tertiary/aromatic N) is 1. The Kier molecular flexibility index (Phi) is 5.17. The highest BCUT2D eigenvalue weighted by Gasteiger charge is 2.10. The third kappa shape index (κ3) is 4.18. The molecule has 4 nitrogen and oxygen atoms in total. The van der Waals surface area contributed by atoms with Crippen LogP contribution in [-0.4, -0.2) is 10.9 Å². The monoisotopic (exact) mass is 357 g/mol. The van der Waals surface area contributed by atoms with Crippen LogP contribution in [-0.2, 0) is 11.2 Å². The van der Waals surface area contributed by atoms with Crippen molar-refractivity contribution in [3.05, 3.63) is 83.8 Å². The second kappa shape index (κ2) is 7.69. The first kappa shape index (κ1) is 17.5. The lowest BCUT2D eigenvalue weighted by Crippen LogP contribution is -2.15. The fourth-order valence-corrected chi connectivity index (χ4v) is 2.31. The maximum absolute atomic E-state index is 13.6. The summed E-state index contributed by atoms with van der Waals surface area (Å²) in [6, 6.07) is 12.5. The highest BCUT2D eigenvalue weighted by molar-refractivity contribution is 5.92. The van der Waals surface area contributed by atoms with Gasteiger partial charge in [-0.15, -0.1) is 0 Å². The van der Waals surface area contributed by atoms with Crippen LogP contribution in [0.3, 0.4) is 0 Å². The van der Waals surface area contributed by atoms with Crippen LogP contribution in [0.2, 0.25) is 0 Å². The van der Waals surface area contributed by atoms with E-state index in [1.54, 1.807) is 12.1 Å². The summed E-state index contributed by atoms with van der Waals surface area (Å²) in [6.45, 7) is 0. The minimum absolute atomic E-state index is 0.118. The number of aromatic nitrogens is 1. The second-order valence-corrected chi connectivity index (χ2v) is 5.47. The number of amides is 1. The van der Waals surface area contributed by atoms with Crippen molar-refractivity contribution in [2.75, 3.05) is 10.6 Å². The molecule has 0 aliphatic rings. The van der Waals surface area contributed by atoms with Crippen LogP contribution in [0.25, 0.3) is 0 Å². The van der Waals surface area contributed by atoms with Crippen molar-refractivity contribution in [1.82, 2.24) is 4.98 Å². The zero-order valence-electron chi connectivity index (χ0n) is 13.5. The van der Waals surface area contributed by atoms with Gasteiger partial charge in [0.1, 0.15) is 29.0 Å². The zero-order valence-corrected chi connectivity index (χ0v) is 13.5. The van der Waals surface area contributed by atoms with E-state index in [1.807, 2.05) is 0 Å². The van der Waals surface area contributed by atoms with E-state index in [1.165, 1.54) is 36.5 Å². The quantitative estimate of drug-likeness (QED) is 0.711. The minimum atomic E-state index is -0.742. The zero-order chi connectivity index (χ0) is 18.5. The number of hydrogen-bond donors (Lipinski definition) is 2. The third-order valence-corrected chi connectivity index (χ3v) is 3.57. The highest BCUT2D eigenvalue weighted by Crippen LogP contribution is 2.22. The number of carbonyl (C=O) groups is 1. The van der Waals surface area contributed by atoms with Gasteiger partial charge in [-0.2, -0.15) is 0 Å². The number of hydrogen-bond acceptors (Lipinski definition) is 3. The molecule has 0 saturated carbocycles. The Morgan fingerprint density at radius 1 is 0.885 bits per heavy atom. The van der Waals surface area contributed by atoms with Crippen LogP contribution in [0.5, 0.6) is 0 Å². The van der Waals surface area contributed by atoms with E-state index in [0.29, 0.717) is 5.69 Å². The van der Waals surface area contributed by atoms with Crippen molar-refractivity contribution in [2.45, 2.75) is 6.42 Å². The molecule has 0 aliphatic heterocycles. The van der Waals surface area contributed by atoms with Crippen LogP contribution in [0.15, 0.2) is 60.8 Å². The van der Waals surface area contributed by atoms with Crippen molar-refractivity contribution in [3.8, 4) is 0 Å². The predicted octanol–water partition coefficient (Wildman–Crippen LogP) is 4.42. The van der Waals surface area contributed by atoms with Crippen LogP contribution < -0.4 is 10.6 Å². The topological polar surface area (TPSA) is 54.0 Å². The molecule has 7 heteroatoms. The molecule has 0 bridgehead atoms. The van der Waals surface area contributed by atoms with Crippen LogP contribution in [0, 0.1) is 17.5 Å². The molecule has 0 spiro atoms. The van der Waals surface area contributed by atoms with Gasteiger partial charge >= 0.3 is 0 Å². The van der Waals surface area contributed by atoms with E-state index in [2.05, 4.69) is 15.6 Å². The summed E-state index contributed by atoms with van der Waals surface area (Å²) in [5, 5.41) is 5.13. The standard InChI is InChI=1S/C19H14F3N3O/c20-14-5-2-1-4-12(14)10-18(26)24-13-8-9-17(23-11-13)25-19-15(21)6-3-7-16(19)22/h1-9,11H,10H2,(H,23,25)(H,24,26). The maximum Gasteiger partial charge on any atom is 0.228 e. The van der Waals surface area contributed by atoms with Gasteiger partial charge in [0.25, 0.3) is 0 Å². The molecule has 0 radical (unpaired) electrons. The average Bonchev–Trinajstić information content (AvgIpc) is 2.62. The summed E-state index contributed by atoms with van der Waals surface area (Å²) in [5.74, 6) is -2.13. The molecule has 2 N–H and O–H groups in total. The molecule has 3 aromatic rings. The number of para-hydroxylation sites is 1. The van der Waals surface area contributed by atoms with E-state index in [9.17, 15) is 18.0 Å². The molecule has 0 aliphatic carbocycles. The van der Waals surface area contributed by atoms with E-state index < -0.39 is 23.4 Å². The lowest BCUT2D eigenvalue weighted by molar-refractivity contribution is -0.115. The molecular weight excluding hydrogens is 343 g/mol. The molecule has 1 heterocycles. The molecule has 2 aromatic carbocycles. The SMILES string of the molecule is O=C(Cc1ccccc1F)Nc1ccc(Nc2c(F)cccc2F)nc1. The fourth-order valence-electron chi connectivity index (χ4n) is 2.31. The number of rotatable bonds is 5. The molecule has 0 unspecified atom stereocenters. The van der Waals surface area contributed by atoms with Crippen molar-refractivity contribution < 1.29 is 18.0 Å². The summed E-state index contributed by atoms with van der Waals surface area (Å²) in [4.78, 5) is 16.0.